The molecule has 1 N–H and O–H groups in total. The summed E-state index contributed by atoms with van der Waals surface area (Å²) in [4.78, 5) is 35.7. The molecular formula is C12H12N2O4. The van der Waals surface area contributed by atoms with Crippen LogP contribution in [0.5, 0.6) is 0 Å². The first-order chi connectivity index (χ1) is 8.58. The Morgan fingerprint density at radius 1 is 1.56 bits per heavy atom. The summed E-state index contributed by atoms with van der Waals surface area (Å²) in [5.74, 6) is -0.810. The van der Waals surface area contributed by atoms with Gasteiger partial charge in [-0.3, -0.25) is 19.7 Å². The molecular weight excluding hydrogens is 236 g/mol. The summed E-state index contributed by atoms with van der Waals surface area (Å²) in [7, 11) is 0. The lowest BCUT2D eigenvalue weighted by Crippen LogP contribution is -2.58. The second-order valence-electron chi connectivity index (χ2n) is 3.90. The van der Waals surface area contributed by atoms with Crippen LogP contribution in [-0.4, -0.2) is 35.2 Å². The Bertz CT molecular complexity index is 504. The maximum Gasteiger partial charge on any atom is 0.249 e. The molecule has 1 unspecified atom stereocenters. The van der Waals surface area contributed by atoms with Crippen LogP contribution in [0.4, 0.5) is 0 Å². The minimum absolute atomic E-state index is 0.117. The highest BCUT2D eigenvalue weighted by Crippen LogP contribution is 2.08. The van der Waals surface area contributed by atoms with E-state index in [1.165, 1.54) is 23.3 Å². The molecule has 3 amide bonds. The number of nitrogens with one attached hydrogen (secondary N) is 1. The fraction of sp³-hybridized carbons (Fsp3) is 0.250. The number of hydrogen-bond acceptors (Lipinski definition) is 4. The third-order valence-electron chi connectivity index (χ3n) is 2.64. The maximum atomic E-state index is 11.9. The third-order valence-corrected chi connectivity index (χ3v) is 2.64. The van der Waals surface area contributed by atoms with E-state index in [0.29, 0.717) is 5.76 Å². The van der Waals surface area contributed by atoms with Gasteiger partial charge in [-0.25, -0.2) is 0 Å². The van der Waals surface area contributed by atoms with Gasteiger partial charge in [0.15, 0.2) is 0 Å². The highest BCUT2D eigenvalue weighted by molar-refractivity contribution is 6.06. The Kier molecular flexibility index (Phi) is 3.27. The fourth-order valence-electron chi connectivity index (χ4n) is 1.62. The van der Waals surface area contributed by atoms with Gasteiger partial charge in [0.1, 0.15) is 18.3 Å². The number of amides is 3. The molecule has 0 aromatic carbocycles. The van der Waals surface area contributed by atoms with Crippen molar-refractivity contribution < 1.29 is 18.8 Å². The minimum Gasteiger partial charge on any atom is -0.465 e. The van der Waals surface area contributed by atoms with E-state index in [0.717, 1.165) is 0 Å². The minimum atomic E-state index is -0.656. The van der Waals surface area contributed by atoms with Gasteiger partial charge in [0.05, 0.1) is 6.26 Å². The zero-order valence-corrected chi connectivity index (χ0v) is 9.75. The summed E-state index contributed by atoms with van der Waals surface area (Å²) >= 11 is 0. The molecule has 1 aliphatic heterocycles. The lowest BCUT2D eigenvalue weighted by molar-refractivity contribution is -0.147. The van der Waals surface area contributed by atoms with Crippen LogP contribution in [0, 0.1) is 0 Å². The van der Waals surface area contributed by atoms with E-state index in [2.05, 4.69) is 5.32 Å². The molecule has 6 heteroatoms. The van der Waals surface area contributed by atoms with Crippen LogP contribution >= 0.6 is 0 Å². The van der Waals surface area contributed by atoms with E-state index < -0.39 is 23.8 Å². The zero-order chi connectivity index (χ0) is 13.1. The molecule has 2 rings (SSSR count). The van der Waals surface area contributed by atoms with E-state index in [-0.39, 0.29) is 6.54 Å². The van der Waals surface area contributed by atoms with Crippen LogP contribution in [0.25, 0.3) is 6.08 Å². The van der Waals surface area contributed by atoms with Gasteiger partial charge in [0.2, 0.25) is 17.7 Å². The van der Waals surface area contributed by atoms with Crippen molar-refractivity contribution in [3.05, 3.63) is 30.2 Å². The van der Waals surface area contributed by atoms with Gasteiger partial charge in [0, 0.05) is 6.08 Å². The average molecular weight is 248 g/mol. The number of carbonyl (C=O) groups is 3. The van der Waals surface area contributed by atoms with Crippen molar-refractivity contribution >= 4 is 23.8 Å². The van der Waals surface area contributed by atoms with Crippen molar-refractivity contribution in [1.29, 1.82) is 0 Å². The summed E-state index contributed by atoms with van der Waals surface area (Å²) < 4.78 is 5.04. The Morgan fingerprint density at radius 3 is 3.00 bits per heavy atom. The van der Waals surface area contributed by atoms with Crippen LogP contribution in [0.2, 0.25) is 0 Å². The van der Waals surface area contributed by atoms with Crippen LogP contribution < -0.4 is 5.32 Å². The van der Waals surface area contributed by atoms with Gasteiger partial charge in [0.25, 0.3) is 0 Å². The van der Waals surface area contributed by atoms with Gasteiger partial charge in [-0.15, -0.1) is 0 Å². The van der Waals surface area contributed by atoms with E-state index in [9.17, 15) is 14.4 Å². The predicted octanol–water partition coefficient (Wildman–Crippen LogP) is 0.166. The molecule has 0 aliphatic carbocycles. The second kappa shape index (κ2) is 4.87. The normalized spacial score (nSPS) is 20.3. The Morgan fingerprint density at radius 2 is 2.33 bits per heavy atom. The quantitative estimate of drug-likeness (QED) is 0.597. The number of carbonyl (C=O) groups excluding carboxylic acids is 3. The van der Waals surface area contributed by atoms with Crippen LogP contribution in [0.1, 0.15) is 12.7 Å². The van der Waals surface area contributed by atoms with Crippen LogP contribution in [0.3, 0.4) is 0 Å². The lowest BCUT2D eigenvalue weighted by Gasteiger charge is -2.30. The van der Waals surface area contributed by atoms with E-state index in [1.54, 1.807) is 19.1 Å². The molecule has 2 heterocycles. The van der Waals surface area contributed by atoms with E-state index in [4.69, 9.17) is 4.42 Å². The van der Waals surface area contributed by atoms with Gasteiger partial charge in [-0.05, 0) is 25.1 Å². The number of hydrogen-bond donors (Lipinski definition) is 1. The molecule has 94 valence electrons. The van der Waals surface area contributed by atoms with Gasteiger partial charge >= 0.3 is 0 Å². The van der Waals surface area contributed by atoms with Crippen molar-refractivity contribution in [3.8, 4) is 0 Å². The molecule has 1 atom stereocenters. The van der Waals surface area contributed by atoms with E-state index >= 15 is 0 Å². The number of furan rings is 1. The van der Waals surface area contributed by atoms with Gasteiger partial charge < -0.3 is 9.32 Å². The van der Waals surface area contributed by atoms with Gasteiger partial charge in [-0.2, -0.15) is 0 Å². The maximum absolute atomic E-state index is 11.9. The third kappa shape index (κ3) is 2.48. The van der Waals surface area contributed by atoms with Crippen molar-refractivity contribution in [3.63, 3.8) is 0 Å². The molecule has 1 aromatic heterocycles. The Balaban J connectivity index is 2.08. The first-order valence-corrected chi connectivity index (χ1v) is 5.44. The molecule has 0 radical (unpaired) electrons. The highest BCUT2D eigenvalue weighted by atomic mass is 16.3. The second-order valence-corrected chi connectivity index (χ2v) is 3.90. The SMILES string of the molecule is CC1C(=O)NC(=O)CN1C(=O)C=Cc1ccco1. The van der Waals surface area contributed by atoms with Crippen molar-refractivity contribution in [2.45, 2.75) is 13.0 Å². The molecule has 18 heavy (non-hydrogen) atoms. The van der Waals surface area contributed by atoms with Gasteiger partial charge in [-0.1, -0.05) is 0 Å². The molecule has 1 fully saturated rings. The molecule has 1 saturated heterocycles. The highest BCUT2D eigenvalue weighted by Gasteiger charge is 2.32. The summed E-state index contributed by atoms with van der Waals surface area (Å²) in [6.07, 6.45) is 4.26. The first-order valence-electron chi connectivity index (χ1n) is 5.44. The predicted molar refractivity (Wildman–Crippen MR) is 62.1 cm³/mol. The van der Waals surface area contributed by atoms with E-state index in [1.807, 2.05) is 0 Å². The number of piperazine rings is 1. The number of rotatable bonds is 2. The Hall–Kier alpha value is -2.37. The van der Waals surface area contributed by atoms with Crippen LogP contribution in [0.15, 0.2) is 28.9 Å². The standard InChI is InChI=1S/C12H12N2O4/c1-8-12(17)13-10(15)7-14(8)11(16)5-4-9-3-2-6-18-9/h2-6,8H,7H2,1H3,(H,13,15,17). The summed E-state index contributed by atoms with van der Waals surface area (Å²) in [5.41, 5.74) is 0. The average Bonchev–Trinajstić information content (AvgIpc) is 2.83. The molecule has 6 nitrogen and oxygen atoms in total. The molecule has 0 spiro atoms. The van der Waals surface area contributed by atoms with Crippen molar-refractivity contribution in [2.75, 3.05) is 6.54 Å². The monoisotopic (exact) mass is 248 g/mol. The lowest BCUT2D eigenvalue weighted by atomic mass is 10.2. The molecule has 1 aliphatic rings. The summed E-state index contributed by atoms with van der Waals surface area (Å²) in [6.45, 7) is 1.45. The summed E-state index contributed by atoms with van der Waals surface area (Å²) in [5, 5.41) is 2.17. The molecule has 0 bridgehead atoms. The van der Waals surface area contributed by atoms with Crippen LogP contribution in [-0.2, 0) is 14.4 Å². The largest absolute Gasteiger partial charge is 0.465 e. The molecule has 1 aromatic rings. The van der Waals surface area contributed by atoms with Crippen molar-refractivity contribution in [2.24, 2.45) is 0 Å². The smallest absolute Gasteiger partial charge is 0.249 e. The molecule has 0 saturated carbocycles. The Labute approximate surface area is 103 Å². The number of imide groups is 1. The zero-order valence-electron chi connectivity index (χ0n) is 9.75. The topological polar surface area (TPSA) is 79.6 Å². The first kappa shape index (κ1) is 12.1. The summed E-state index contributed by atoms with van der Waals surface area (Å²) in [6, 6.07) is 2.74. The fourth-order valence-corrected chi connectivity index (χ4v) is 1.62. The van der Waals surface area contributed by atoms with Crippen molar-refractivity contribution in [1.82, 2.24) is 10.2 Å². The number of nitrogens with zero attached hydrogens (tertiary/aromatic N) is 1.